The number of fused-ring (bicyclic) bond motifs is 2. The fourth-order valence-electron chi connectivity index (χ4n) is 3.40. The van der Waals surface area contributed by atoms with Crippen LogP contribution in [0.2, 0.25) is 0 Å². The van der Waals surface area contributed by atoms with Crippen LogP contribution >= 0.6 is 127 Å². The van der Waals surface area contributed by atoms with E-state index in [0.29, 0.717) is 35.8 Å². The Hall–Kier alpha value is 0.560. The molecule has 0 spiro atoms. The summed E-state index contributed by atoms with van der Waals surface area (Å²) in [5.74, 6) is -2.07. The molecule has 0 atom stereocenters. The van der Waals surface area contributed by atoms with E-state index in [1.165, 1.54) is 0 Å². The highest BCUT2D eigenvalue weighted by atomic mass is 79.9. The summed E-state index contributed by atoms with van der Waals surface area (Å²) in [6.07, 6.45) is 0. The highest BCUT2D eigenvalue weighted by molar-refractivity contribution is 9.15. The number of rotatable bonds is 3. The van der Waals surface area contributed by atoms with Gasteiger partial charge in [0, 0.05) is 48.9 Å². The number of benzene rings is 2. The highest BCUT2D eigenvalue weighted by Crippen LogP contribution is 2.46. The molecule has 0 aromatic heterocycles. The van der Waals surface area contributed by atoms with Crippen molar-refractivity contribution < 1.29 is 19.2 Å². The Morgan fingerprint density at radius 1 is 0.375 bits per heavy atom. The number of hydrogen-bond donors (Lipinski definition) is 0. The Morgan fingerprint density at radius 3 is 0.750 bits per heavy atom. The molecule has 2 aromatic rings. The molecule has 0 saturated carbocycles. The van der Waals surface area contributed by atoms with E-state index in [-0.39, 0.29) is 35.3 Å². The third-order valence-electron chi connectivity index (χ3n) is 4.92. The van der Waals surface area contributed by atoms with Crippen molar-refractivity contribution in [1.29, 1.82) is 0 Å². The second-order valence-electron chi connectivity index (χ2n) is 6.54. The quantitative estimate of drug-likeness (QED) is 0.180. The molecule has 2 heterocycles. The number of amides is 4. The van der Waals surface area contributed by atoms with Gasteiger partial charge in [0.1, 0.15) is 0 Å². The predicted octanol–water partition coefficient (Wildman–Crippen LogP) is 7.68. The van der Waals surface area contributed by atoms with E-state index >= 15 is 0 Å². The Kier molecular flexibility index (Phi) is 7.38. The summed E-state index contributed by atoms with van der Waals surface area (Å²) < 4.78 is 4.07. The largest absolute Gasteiger partial charge is 0.272 e. The Labute approximate surface area is 248 Å². The molecule has 6 nitrogen and oxygen atoms in total. The maximum atomic E-state index is 13.0. The minimum atomic E-state index is -0.518. The van der Waals surface area contributed by atoms with Gasteiger partial charge in [0.25, 0.3) is 23.6 Å². The number of nitrogens with zero attached hydrogens (tertiary/aromatic N) is 2. The van der Waals surface area contributed by atoms with Gasteiger partial charge in [-0.05, 0) is 127 Å². The monoisotopic (exact) mass is 943 g/mol. The molecule has 2 aliphatic rings. The second-order valence-corrected chi connectivity index (χ2v) is 12.9. The van der Waals surface area contributed by atoms with Crippen molar-refractivity contribution in [3.05, 3.63) is 58.0 Å². The summed E-state index contributed by atoms with van der Waals surface area (Å²) >= 11 is 27.0. The molecule has 2 aliphatic heterocycles. The lowest BCUT2D eigenvalue weighted by Gasteiger charge is -2.19. The van der Waals surface area contributed by atoms with E-state index in [1.54, 1.807) is 0 Å². The van der Waals surface area contributed by atoms with Crippen LogP contribution in [0.3, 0.4) is 0 Å². The lowest BCUT2D eigenvalue weighted by Crippen LogP contribution is -2.40. The van der Waals surface area contributed by atoms with Crippen molar-refractivity contribution in [2.45, 2.75) is 0 Å². The van der Waals surface area contributed by atoms with Crippen LogP contribution in [0.1, 0.15) is 41.4 Å². The van der Waals surface area contributed by atoms with Crippen LogP contribution < -0.4 is 0 Å². The molecule has 0 radical (unpaired) electrons. The van der Waals surface area contributed by atoms with E-state index in [1.807, 2.05) is 0 Å². The SMILES string of the molecule is O=C1c2c(Br)c(Br)c(Br)c(Br)c2C(=O)N1CCN1C(=O)c2c(Br)c(Br)c(Br)c(Br)c2C1=O. The average molecular weight is 951 g/mol. The summed E-state index contributed by atoms with van der Waals surface area (Å²) in [4.78, 5) is 54.2. The van der Waals surface area contributed by atoms with E-state index in [9.17, 15) is 19.2 Å². The molecular formula is C18H4Br8N2O4. The Bertz CT molecular complexity index is 1120. The van der Waals surface area contributed by atoms with Crippen LogP contribution in [0.15, 0.2) is 35.8 Å². The molecule has 0 bridgehead atoms. The first-order valence-electron chi connectivity index (χ1n) is 8.36. The summed E-state index contributed by atoms with van der Waals surface area (Å²) in [7, 11) is 0. The normalized spacial score (nSPS) is 15.2. The standard InChI is InChI=1S/C18H4Br8N2O4/c19-7-3-4(8(20)12(24)11(7)23)16(30)27(15(3)29)1-2-28-17(31)5-6(18(28)32)10(22)14(26)13(25)9(5)21/h1-2H2. The molecule has 14 heteroatoms. The Morgan fingerprint density at radius 2 is 0.562 bits per heavy atom. The van der Waals surface area contributed by atoms with Gasteiger partial charge < -0.3 is 0 Å². The lowest BCUT2D eigenvalue weighted by atomic mass is 10.1. The van der Waals surface area contributed by atoms with Gasteiger partial charge in [-0.3, -0.25) is 29.0 Å². The van der Waals surface area contributed by atoms with Gasteiger partial charge in [-0.25, -0.2) is 0 Å². The first-order valence-corrected chi connectivity index (χ1v) is 14.7. The smallest absolute Gasteiger partial charge is 0.262 e. The van der Waals surface area contributed by atoms with E-state index < -0.39 is 23.6 Å². The summed E-state index contributed by atoms with van der Waals surface area (Å²) in [6.45, 7) is -0.299. The molecule has 2 aromatic carbocycles. The van der Waals surface area contributed by atoms with Crippen molar-refractivity contribution in [1.82, 2.24) is 9.80 Å². The van der Waals surface area contributed by atoms with E-state index in [4.69, 9.17) is 0 Å². The molecular weight excluding hydrogens is 947 g/mol. The predicted molar refractivity (Wildman–Crippen MR) is 145 cm³/mol. The van der Waals surface area contributed by atoms with Gasteiger partial charge in [0.15, 0.2) is 0 Å². The first kappa shape index (κ1) is 25.6. The maximum absolute atomic E-state index is 13.0. The van der Waals surface area contributed by atoms with Crippen LogP contribution in [-0.2, 0) is 0 Å². The summed E-state index contributed by atoms with van der Waals surface area (Å²) in [5.41, 5.74) is 0.825. The number of hydrogen-bond acceptors (Lipinski definition) is 4. The summed E-state index contributed by atoms with van der Waals surface area (Å²) in [6, 6.07) is 0. The number of halogens is 8. The van der Waals surface area contributed by atoms with E-state index in [0.717, 1.165) is 9.80 Å². The van der Waals surface area contributed by atoms with Gasteiger partial charge in [0.05, 0.1) is 22.3 Å². The number of carbonyl (C=O) groups is 4. The molecule has 166 valence electrons. The fourth-order valence-corrected chi connectivity index (χ4v) is 8.31. The zero-order valence-electron chi connectivity index (χ0n) is 15.0. The molecule has 32 heavy (non-hydrogen) atoms. The number of imide groups is 2. The van der Waals surface area contributed by atoms with Crippen molar-refractivity contribution in [3.8, 4) is 0 Å². The molecule has 0 unspecified atom stereocenters. The van der Waals surface area contributed by atoms with Gasteiger partial charge in [-0.1, -0.05) is 0 Å². The van der Waals surface area contributed by atoms with Crippen LogP contribution in [0.25, 0.3) is 0 Å². The third kappa shape index (κ3) is 3.65. The van der Waals surface area contributed by atoms with Crippen LogP contribution in [0.5, 0.6) is 0 Å². The van der Waals surface area contributed by atoms with Crippen LogP contribution in [0, 0.1) is 0 Å². The Balaban J connectivity index is 1.65. The van der Waals surface area contributed by atoms with Gasteiger partial charge >= 0.3 is 0 Å². The molecule has 0 N–H and O–H groups in total. The minimum absolute atomic E-state index is 0.149. The molecule has 4 amide bonds. The zero-order valence-corrected chi connectivity index (χ0v) is 27.7. The van der Waals surface area contributed by atoms with Crippen LogP contribution in [-0.4, -0.2) is 46.5 Å². The molecule has 0 saturated heterocycles. The molecule has 0 fully saturated rings. The average Bonchev–Trinajstić information content (AvgIpc) is 3.15. The fraction of sp³-hybridized carbons (Fsp3) is 0.111. The van der Waals surface area contributed by atoms with Crippen molar-refractivity contribution in [2.75, 3.05) is 13.1 Å². The highest BCUT2D eigenvalue weighted by Gasteiger charge is 2.44. The van der Waals surface area contributed by atoms with E-state index in [2.05, 4.69) is 127 Å². The lowest BCUT2D eigenvalue weighted by molar-refractivity contribution is 0.0560. The molecule has 4 rings (SSSR count). The molecule has 0 aliphatic carbocycles. The number of carbonyl (C=O) groups excluding carboxylic acids is 4. The van der Waals surface area contributed by atoms with Crippen molar-refractivity contribution in [3.63, 3.8) is 0 Å². The van der Waals surface area contributed by atoms with Crippen molar-refractivity contribution >= 4 is 151 Å². The van der Waals surface area contributed by atoms with Gasteiger partial charge in [-0.15, -0.1) is 0 Å². The van der Waals surface area contributed by atoms with Gasteiger partial charge in [-0.2, -0.15) is 0 Å². The minimum Gasteiger partial charge on any atom is -0.272 e. The first-order chi connectivity index (χ1) is 14.9. The third-order valence-corrected chi connectivity index (χ3v) is 14.5. The van der Waals surface area contributed by atoms with Gasteiger partial charge in [0.2, 0.25) is 0 Å². The maximum Gasteiger partial charge on any atom is 0.262 e. The summed E-state index contributed by atoms with van der Waals surface area (Å²) in [5, 5.41) is 0. The topological polar surface area (TPSA) is 74.8 Å². The van der Waals surface area contributed by atoms with Crippen molar-refractivity contribution in [2.24, 2.45) is 0 Å². The van der Waals surface area contributed by atoms with Crippen LogP contribution in [0.4, 0.5) is 0 Å². The zero-order chi connectivity index (χ0) is 23.8. The second kappa shape index (κ2) is 9.21.